The Balaban J connectivity index is 2.08. The molecule has 1 heterocycles. The SMILES string of the molecule is COc1ccc(N(CCC2CCCCN2C)C(C)C)cc1OC. The average Bonchev–Trinajstić information content (AvgIpc) is 2.56. The summed E-state index contributed by atoms with van der Waals surface area (Å²) in [5, 5.41) is 0. The third-order valence-corrected chi connectivity index (χ3v) is 4.95. The minimum absolute atomic E-state index is 0.460. The monoisotopic (exact) mass is 320 g/mol. The first-order chi connectivity index (χ1) is 11.1. The molecule has 1 fully saturated rings. The van der Waals surface area contributed by atoms with E-state index in [-0.39, 0.29) is 0 Å². The number of rotatable bonds is 7. The Morgan fingerprint density at radius 1 is 1.17 bits per heavy atom. The number of likely N-dealkylation sites (tertiary alicyclic amines) is 1. The van der Waals surface area contributed by atoms with Gasteiger partial charge in [0, 0.05) is 30.4 Å². The lowest BCUT2D eigenvalue weighted by molar-refractivity contribution is 0.177. The van der Waals surface area contributed by atoms with Gasteiger partial charge in [-0.25, -0.2) is 0 Å². The highest BCUT2D eigenvalue weighted by molar-refractivity contribution is 5.56. The second kappa shape index (κ2) is 8.44. The molecule has 1 unspecified atom stereocenters. The van der Waals surface area contributed by atoms with Gasteiger partial charge in [0.25, 0.3) is 0 Å². The fraction of sp³-hybridized carbons (Fsp3) is 0.684. The topological polar surface area (TPSA) is 24.9 Å². The molecule has 0 N–H and O–H groups in total. The van der Waals surface area contributed by atoms with Crippen molar-refractivity contribution in [3.05, 3.63) is 18.2 Å². The summed E-state index contributed by atoms with van der Waals surface area (Å²) in [5.41, 5.74) is 1.20. The van der Waals surface area contributed by atoms with E-state index in [4.69, 9.17) is 9.47 Å². The van der Waals surface area contributed by atoms with Crippen molar-refractivity contribution in [3.8, 4) is 11.5 Å². The Bertz CT molecular complexity index is 490. The van der Waals surface area contributed by atoms with Crippen LogP contribution >= 0.6 is 0 Å². The Hall–Kier alpha value is -1.42. The van der Waals surface area contributed by atoms with Gasteiger partial charge in [0.05, 0.1) is 14.2 Å². The Morgan fingerprint density at radius 3 is 2.52 bits per heavy atom. The van der Waals surface area contributed by atoms with Crippen molar-refractivity contribution in [2.75, 3.05) is 39.3 Å². The fourth-order valence-electron chi connectivity index (χ4n) is 3.49. The lowest BCUT2D eigenvalue weighted by Gasteiger charge is -2.36. The summed E-state index contributed by atoms with van der Waals surface area (Å²) in [6.07, 6.45) is 5.25. The van der Waals surface area contributed by atoms with Crippen molar-refractivity contribution >= 4 is 5.69 Å². The van der Waals surface area contributed by atoms with Gasteiger partial charge in [0.2, 0.25) is 0 Å². The maximum Gasteiger partial charge on any atom is 0.162 e. The van der Waals surface area contributed by atoms with Gasteiger partial charge in [-0.15, -0.1) is 0 Å². The summed E-state index contributed by atoms with van der Waals surface area (Å²) < 4.78 is 10.8. The third kappa shape index (κ3) is 4.54. The Labute approximate surface area is 141 Å². The van der Waals surface area contributed by atoms with E-state index in [1.807, 2.05) is 6.07 Å². The number of nitrogens with zero attached hydrogens (tertiary/aromatic N) is 2. The highest BCUT2D eigenvalue weighted by atomic mass is 16.5. The number of hydrogen-bond acceptors (Lipinski definition) is 4. The number of piperidine rings is 1. The zero-order valence-electron chi connectivity index (χ0n) is 15.3. The maximum absolute atomic E-state index is 5.46. The molecule has 0 bridgehead atoms. The smallest absolute Gasteiger partial charge is 0.162 e. The van der Waals surface area contributed by atoms with Crippen molar-refractivity contribution < 1.29 is 9.47 Å². The third-order valence-electron chi connectivity index (χ3n) is 4.95. The first-order valence-corrected chi connectivity index (χ1v) is 8.75. The number of anilines is 1. The van der Waals surface area contributed by atoms with Crippen molar-refractivity contribution in [1.82, 2.24) is 4.90 Å². The summed E-state index contributed by atoms with van der Waals surface area (Å²) in [5.74, 6) is 1.58. The molecule has 1 saturated heterocycles. The zero-order chi connectivity index (χ0) is 16.8. The molecular formula is C19H32N2O2. The van der Waals surface area contributed by atoms with Crippen molar-refractivity contribution in [3.63, 3.8) is 0 Å². The molecule has 1 aromatic carbocycles. The maximum atomic E-state index is 5.46. The van der Waals surface area contributed by atoms with Crippen LogP contribution in [0.25, 0.3) is 0 Å². The van der Waals surface area contributed by atoms with Crippen molar-refractivity contribution in [1.29, 1.82) is 0 Å². The first kappa shape index (κ1) is 17.9. The molecule has 130 valence electrons. The van der Waals surface area contributed by atoms with E-state index in [0.717, 1.165) is 18.0 Å². The fourth-order valence-corrected chi connectivity index (χ4v) is 3.49. The number of hydrogen-bond donors (Lipinski definition) is 0. The van der Waals surface area contributed by atoms with Crippen LogP contribution in [0.1, 0.15) is 39.5 Å². The first-order valence-electron chi connectivity index (χ1n) is 8.75. The van der Waals surface area contributed by atoms with Crippen LogP contribution in [-0.4, -0.2) is 51.3 Å². The van der Waals surface area contributed by atoms with Gasteiger partial charge in [0.15, 0.2) is 11.5 Å². The highest BCUT2D eigenvalue weighted by Gasteiger charge is 2.21. The summed E-state index contributed by atoms with van der Waals surface area (Å²) in [6.45, 7) is 6.81. The molecule has 0 radical (unpaired) electrons. The second-order valence-electron chi connectivity index (χ2n) is 6.75. The Kier molecular flexibility index (Phi) is 6.58. The zero-order valence-corrected chi connectivity index (χ0v) is 15.3. The molecule has 1 aromatic rings. The molecule has 1 atom stereocenters. The van der Waals surface area contributed by atoms with E-state index in [1.54, 1.807) is 14.2 Å². The van der Waals surface area contributed by atoms with Gasteiger partial charge in [-0.2, -0.15) is 0 Å². The lowest BCUT2D eigenvalue weighted by atomic mass is 9.99. The molecule has 1 aliphatic rings. The molecule has 4 nitrogen and oxygen atoms in total. The Morgan fingerprint density at radius 2 is 1.91 bits per heavy atom. The largest absolute Gasteiger partial charge is 0.493 e. The van der Waals surface area contributed by atoms with Crippen LogP contribution in [0.15, 0.2) is 18.2 Å². The van der Waals surface area contributed by atoms with Crippen LogP contribution in [-0.2, 0) is 0 Å². The van der Waals surface area contributed by atoms with Crippen LogP contribution in [0, 0.1) is 0 Å². The summed E-state index contributed by atoms with van der Waals surface area (Å²) in [6, 6.07) is 7.39. The van der Waals surface area contributed by atoms with Crippen molar-refractivity contribution in [2.24, 2.45) is 0 Å². The number of ether oxygens (including phenoxy) is 2. The molecular weight excluding hydrogens is 288 g/mol. The van der Waals surface area contributed by atoms with Crippen molar-refractivity contribution in [2.45, 2.75) is 51.6 Å². The van der Waals surface area contributed by atoms with E-state index in [2.05, 4.69) is 42.8 Å². The molecule has 2 rings (SSSR count). The lowest BCUT2D eigenvalue weighted by Crippen LogP contribution is -2.40. The molecule has 23 heavy (non-hydrogen) atoms. The molecule has 0 saturated carbocycles. The number of methoxy groups -OCH3 is 2. The van der Waals surface area contributed by atoms with Gasteiger partial charge in [-0.1, -0.05) is 6.42 Å². The number of benzene rings is 1. The molecule has 0 aliphatic carbocycles. The van der Waals surface area contributed by atoms with Gasteiger partial charge in [-0.05, 0) is 58.8 Å². The standard InChI is InChI=1S/C19H32N2O2/c1-15(2)21(13-11-16-8-6-7-12-20(16)3)17-9-10-18(22-4)19(14-17)23-5/h9-10,14-16H,6-8,11-13H2,1-5H3. The predicted molar refractivity (Wildman–Crippen MR) is 96.9 cm³/mol. The van der Waals surface area contributed by atoms with E-state index in [1.165, 1.54) is 37.9 Å². The molecule has 0 aromatic heterocycles. The van der Waals surface area contributed by atoms with Crippen LogP contribution < -0.4 is 14.4 Å². The van der Waals surface area contributed by atoms with Gasteiger partial charge >= 0.3 is 0 Å². The molecule has 0 amide bonds. The minimum Gasteiger partial charge on any atom is -0.493 e. The van der Waals surface area contributed by atoms with E-state index in [9.17, 15) is 0 Å². The van der Waals surface area contributed by atoms with Crippen LogP contribution in [0.5, 0.6) is 11.5 Å². The van der Waals surface area contributed by atoms with Gasteiger partial charge < -0.3 is 19.3 Å². The van der Waals surface area contributed by atoms with E-state index in [0.29, 0.717) is 12.1 Å². The molecule has 1 aliphatic heterocycles. The summed E-state index contributed by atoms with van der Waals surface area (Å²) >= 11 is 0. The van der Waals surface area contributed by atoms with Gasteiger partial charge in [0.1, 0.15) is 0 Å². The quantitative estimate of drug-likeness (QED) is 0.763. The summed E-state index contributed by atoms with van der Waals surface area (Å²) in [4.78, 5) is 4.99. The van der Waals surface area contributed by atoms with Crippen LogP contribution in [0.4, 0.5) is 5.69 Å². The molecule has 4 heteroatoms. The van der Waals surface area contributed by atoms with Crippen LogP contribution in [0.2, 0.25) is 0 Å². The minimum atomic E-state index is 0.460. The van der Waals surface area contributed by atoms with E-state index < -0.39 is 0 Å². The predicted octanol–water partition coefficient (Wildman–Crippen LogP) is 3.79. The normalized spacial score (nSPS) is 19.0. The molecule has 0 spiro atoms. The summed E-state index contributed by atoms with van der Waals surface area (Å²) in [7, 11) is 5.63. The second-order valence-corrected chi connectivity index (χ2v) is 6.75. The van der Waals surface area contributed by atoms with Crippen LogP contribution in [0.3, 0.4) is 0 Å². The van der Waals surface area contributed by atoms with Gasteiger partial charge in [-0.3, -0.25) is 0 Å². The highest BCUT2D eigenvalue weighted by Crippen LogP contribution is 2.32. The average molecular weight is 320 g/mol. The van der Waals surface area contributed by atoms with E-state index >= 15 is 0 Å².